The van der Waals surface area contributed by atoms with Crippen LogP contribution in [0.1, 0.15) is 27.4 Å². The number of halogens is 5. The van der Waals surface area contributed by atoms with Gasteiger partial charge in [-0.3, -0.25) is 0 Å². The molecule has 0 saturated heterocycles. The van der Waals surface area contributed by atoms with Gasteiger partial charge in [-0.15, -0.1) is 11.3 Å². The van der Waals surface area contributed by atoms with Crippen molar-refractivity contribution in [3.63, 3.8) is 0 Å². The quantitative estimate of drug-likeness (QED) is 0.848. The van der Waals surface area contributed by atoms with Gasteiger partial charge in [-0.05, 0) is 6.07 Å². The predicted octanol–water partition coefficient (Wildman–Crippen LogP) is 4.46. The van der Waals surface area contributed by atoms with Crippen molar-refractivity contribution < 1.29 is 31.9 Å². The first-order chi connectivity index (χ1) is 9.70. The van der Waals surface area contributed by atoms with Crippen molar-refractivity contribution in [3.8, 4) is 10.6 Å². The summed E-state index contributed by atoms with van der Waals surface area (Å²) in [5.41, 5.74) is -1.90. The van der Waals surface area contributed by atoms with Crippen LogP contribution in [0.3, 0.4) is 0 Å². The number of carbonyl (C=O) groups is 1. The fourth-order valence-corrected chi connectivity index (χ4v) is 2.51. The molecule has 0 aliphatic rings. The molecule has 1 heterocycles. The van der Waals surface area contributed by atoms with Crippen LogP contribution in [-0.2, 0) is 6.18 Å². The molecular weight excluding hydrogens is 317 g/mol. The lowest BCUT2D eigenvalue weighted by Crippen LogP contribution is -2.11. The monoisotopic (exact) mass is 323 g/mol. The summed E-state index contributed by atoms with van der Waals surface area (Å²) >= 11 is 0.292. The Kier molecular flexibility index (Phi) is 3.95. The van der Waals surface area contributed by atoms with Crippen LogP contribution in [-0.4, -0.2) is 16.1 Å². The van der Waals surface area contributed by atoms with Gasteiger partial charge in [0.1, 0.15) is 9.88 Å². The number of nitrogens with zero attached hydrogens (tertiary/aromatic N) is 1. The lowest BCUT2D eigenvalue weighted by molar-refractivity contribution is -0.141. The number of aromatic nitrogens is 1. The number of hydrogen-bond acceptors (Lipinski definition) is 3. The number of rotatable bonds is 3. The summed E-state index contributed by atoms with van der Waals surface area (Å²) in [6.45, 7) is 0. The first-order valence-electron chi connectivity index (χ1n) is 5.40. The molecular formula is C12H6F5NO2S. The highest BCUT2D eigenvalue weighted by molar-refractivity contribution is 7.17. The second-order valence-electron chi connectivity index (χ2n) is 3.93. The van der Waals surface area contributed by atoms with Crippen LogP contribution in [0.4, 0.5) is 22.0 Å². The lowest BCUT2D eigenvalue weighted by atomic mass is 10.1. The van der Waals surface area contributed by atoms with Crippen LogP contribution < -0.4 is 0 Å². The van der Waals surface area contributed by atoms with Gasteiger partial charge < -0.3 is 5.11 Å². The van der Waals surface area contributed by atoms with E-state index in [1.807, 2.05) is 0 Å². The van der Waals surface area contributed by atoms with Crippen LogP contribution in [0.5, 0.6) is 0 Å². The van der Waals surface area contributed by atoms with Gasteiger partial charge in [0.05, 0.1) is 0 Å². The summed E-state index contributed by atoms with van der Waals surface area (Å²) in [6.07, 6.45) is -7.71. The van der Waals surface area contributed by atoms with Gasteiger partial charge in [0, 0.05) is 11.1 Å². The molecule has 112 valence electrons. The minimum atomic E-state index is -4.93. The lowest BCUT2D eigenvalue weighted by Gasteiger charge is -2.03. The Morgan fingerprint density at radius 3 is 2.43 bits per heavy atom. The number of benzene rings is 1. The van der Waals surface area contributed by atoms with Crippen molar-refractivity contribution in [2.75, 3.05) is 0 Å². The number of thiazole rings is 1. The summed E-state index contributed by atoms with van der Waals surface area (Å²) in [6, 6.07) is 4.63. The molecule has 0 unspecified atom stereocenters. The highest BCUT2D eigenvalue weighted by Gasteiger charge is 2.39. The minimum absolute atomic E-state index is 0.0100. The molecule has 1 aromatic carbocycles. The molecule has 0 saturated carbocycles. The van der Waals surface area contributed by atoms with Crippen molar-refractivity contribution in [3.05, 3.63) is 40.4 Å². The molecule has 0 fully saturated rings. The average Bonchev–Trinajstić information content (AvgIpc) is 2.84. The third-order valence-corrected chi connectivity index (χ3v) is 3.57. The second kappa shape index (κ2) is 5.40. The Labute approximate surface area is 118 Å². The standard InChI is InChI=1S/C12H6F5NO2S/c13-9(14)5-2-1-3-6(4-5)10-18-8(12(15,16)17)7(21-10)11(19)20/h1-4,9H,(H,19,20). The Hall–Kier alpha value is -2.03. The molecule has 2 aromatic rings. The molecule has 0 aliphatic heterocycles. The van der Waals surface area contributed by atoms with Crippen molar-refractivity contribution in [1.82, 2.24) is 4.98 Å². The molecule has 0 aliphatic carbocycles. The maximum atomic E-state index is 12.7. The first kappa shape index (κ1) is 15.4. The van der Waals surface area contributed by atoms with E-state index in [4.69, 9.17) is 5.11 Å². The highest BCUT2D eigenvalue weighted by Crippen LogP contribution is 2.38. The molecule has 0 atom stereocenters. The van der Waals surface area contributed by atoms with Gasteiger partial charge in [-0.1, -0.05) is 18.2 Å². The normalized spacial score (nSPS) is 11.9. The van der Waals surface area contributed by atoms with Gasteiger partial charge >= 0.3 is 12.1 Å². The van der Waals surface area contributed by atoms with E-state index < -0.39 is 29.1 Å². The van der Waals surface area contributed by atoms with Crippen LogP contribution in [0.25, 0.3) is 10.6 Å². The molecule has 9 heteroatoms. The number of carboxylic acids is 1. The maximum Gasteiger partial charge on any atom is 0.435 e. The Morgan fingerprint density at radius 2 is 1.95 bits per heavy atom. The molecule has 0 bridgehead atoms. The Bertz CT molecular complexity index is 681. The van der Waals surface area contributed by atoms with Crippen LogP contribution in [0.2, 0.25) is 0 Å². The highest BCUT2D eigenvalue weighted by atomic mass is 32.1. The topological polar surface area (TPSA) is 50.2 Å². The molecule has 3 nitrogen and oxygen atoms in total. The summed E-state index contributed by atoms with van der Waals surface area (Å²) in [7, 11) is 0. The number of aromatic carboxylic acids is 1. The van der Waals surface area contributed by atoms with E-state index in [0.717, 1.165) is 12.1 Å². The zero-order valence-electron chi connectivity index (χ0n) is 9.99. The SMILES string of the molecule is O=C(O)c1sc(-c2cccc(C(F)F)c2)nc1C(F)(F)F. The number of hydrogen-bond donors (Lipinski definition) is 1. The van der Waals surface area contributed by atoms with Crippen LogP contribution in [0.15, 0.2) is 24.3 Å². The zero-order valence-corrected chi connectivity index (χ0v) is 10.8. The van der Waals surface area contributed by atoms with Crippen LogP contribution in [0, 0.1) is 0 Å². The molecule has 2 rings (SSSR count). The fourth-order valence-electron chi connectivity index (χ4n) is 1.59. The summed E-state index contributed by atoms with van der Waals surface area (Å²) in [5, 5.41) is 8.51. The zero-order chi connectivity index (χ0) is 15.8. The predicted molar refractivity (Wildman–Crippen MR) is 64.5 cm³/mol. The molecule has 1 N–H and O–H groups in total. The van der Waals surface area contributed by atoms with E-state index in [9.17, 15) is 26.7 Å². The molecule has 0 amide bonds. The van der Waals surface area contributed by atoms with Crippen molar-refractivity contribution in [2.45, 2.75) is 12.6 Å². The molecule has 0 spiro atoms. The fraction of sp³-hybridized carbons (Fsp3) is 0.167. The third-order valence-electron chi connectivity index (χ3n) is 2.48. The molecule has 21 heavy (non-hydrogen) atoms. The maximum absolute atomic E-state index is 12.7. The van der Waals surface area contributed by atoms with Gasteiger partial charge in [-0.2, -0.15) is 13.2 Å². The van der Waals surface area contributed by atoms with E-state index in [0.29, 0.717) is 11.3 Å². The second-order valence-corrected chi connectivity index (χ2v) is 4.92. The Morgan fingerprint density at radius 1 is 1.29 bits per heavy atom. The van der Waals surface area contributed by atoms with E-state index in [1.54, 1.807) is 0 Å². The number of alkyl halides is 5. The van der Waals surface area contributed by atoms with Crippen LogP contribution >= 0.6 is 11.3 Å². The van der Waals surface area contributed by atoms with Gasteiger partial charge in [0.2, 0.25) is 0 Å². The largest absolute Gasteiger partial charge is 0.477 e. The van der Waals surface area contributed by atoms with Crippen molar-refractivity contribution in [1.29, 1.82) is 0 Å². The summed E-state index contributed by atoms with van der Waals surface area (Å²) < 4.78 is 63.3. The molecule has 1 aromatic heterocycles. The third kappa shape index (κ3) is 3.18. The van der Waals surface area contributed by atoms with E-state index in [2.05, 4.69) is 4.98 Å². The van der Waals surface area contributed by atoms with Crippen molar-refractivity contribution >= 4 is 17.3 Å². The smallest absolute Gasteiger partial charge is 0.435 e. The van der Waals surface area contributed by atoms with Gasteiger partial charge in [-0.25, -0.2) is 18.6 Å². The van der Waals surface area contributed by atoms with Gasteiger partial charge in [0.15, 0.2) is 5.69 Å². The van der Waals surface area contributed by atoms with Gasteiger partial charge in [0.25, 0.3) is 6.43 Å². The average molecular weight is 323 g/mol. The van der Waals surface area contributed by atoms with E-state index >= 15 is 0 Å². The summed E-state index contributed by atoms with van der Waals surface area (Å²) in [5.74, 6) is -1.77. The minimum Gasteiger partial charge on any atom is -0.477 e. The molecule has 0 radical (unpaired) electrons. The Balaban J connectivity index is 2.55. The van der Waals surface area contributed by atoms with E-state index in [-0.39, 0.29) is 16.1 Å². The summed E-state index contributed by atoms with van der Waals surface area (Å²) in [4.78, 5) is 13.1. The van der Waals surface area contributed by atoms with Crippen molar-refractivity contribution in [2.24, 2.45) is 0 Å². The number of carboxylic acid groups (broad SMARTS) is 1. The van der Waals surface area contributed by atoms with E-state index in [1.165, 1.54) is 12.1 Å². The first-order valence-corrected chi connectivity index (χ1v) is 6.21.